The fourth-order valence-corrected chi connectivity index (χ4v) is 6.35. The summed E-state index contributed by atoms with van der Waals surface area (Å²) in [4.78, 5) is 2.71. The van der Waals surface area contributed by atoms with Crippen molar-refractivity contribution in [2.45, 2.75) is 82.1 Å². The van der Waals surface area contributed by atoms with Gasteiger partial charge in [0.15, 0.2) is 0 Å². The van der Waals surface area contributed by atoms with Crippen LogP contribution < -0.4 is 21.4 Å². The molecule has 5 saturated heterocycles. The Balaban J connectivity index is 1.41. The molecule has 0 aromatic carbocycles. The van der Waals surface area contributed by atoms with Gasteiger partial charge >= 0.3 is 0 Å². The van der Waals surface area contributed by atoms with Gasteiger partial charge in [-0.3, -0.25) is 15.6 Å². The summed E-state index contributed by atoms with van der Waals surface area (Å²) in [6, 6.07) is 1.47. The maximum Gasteiger partial charge on any atom is 0.113 e. The zero-order valence-electron chi connectivity index (χ0n) is 16.7. The zero-order chi connectivity index (χ0) is 18.4. The Bertz CT molecular complexity index is 521. The van der Waals surface area contributed by atoms with E-state index in [4.69, 9.17) is 0 Å². The van der Waals surface area contributed by atoms with Gasteiger partial charge in [-0.1, -0.05) is 6.92 Å². The molecular weight excluding hydrogens is 343 g/mol. The Morgan fingerprint density at radius 2 is 1.81 bits per heavy atom. The molecule has 5 rings (SSSR count). The van der Waals surface area contributed by atoms with Crippen LogP contribution in [-0.2, 0) is 0 Å². The number of alkyl halides is 1. The lowest BCUT2D eigenvalue weighted by Crippen LogP contribution is -2.66. The molecule has 8 atom stereocenters. The third-order valence-corrected chi connectivity index (χ3v) is 7.82. The van der Waals surface area contributed by atoms with Gasteiger partial charge in [-0.2, -0.15) is 0 Å². The molecule has 5 fully saturated rings. The minimum Gasteiger partial charge on any atom is -0.311 e. The molecule has 27 heavy (non-hydrogen) atoms. The molecule has 0 saturated carbocycles. The van der Waals surface area contributed by atoms with Crippen LogP contribution in [0.25, 0.3) is 0 Å². The number of rotatable bonds is 0. The molecule has 0 radical (unpaired) electrons. The van der Waals surface area contributed by atoms with Crippen LogP contribution in [0.3, 0.4) is 0 Å². The summed E-state index contributed by atoms with van der Waals surface area (Å²) in [6.45, 7) is 7.25. The summed E-state index contributed by atoms with van der Waals surface area (Å²) in [5.74, 6) is 1.11. The van der Waals surface area contributed by atoms with Gasteiger partial charge in [-0.15, -0.1) is 0 Å². The summed E-state index contributed by atoms with van der Waals surface area (Å²) in [6.07, 6.45) is 6.91. The number of hydrogen-bond acceptors (Lipinski definition) is 6. The van der Waals surface area contributed by atoms with Crippen LogP contribution in [0, 0.1) is 11.8 Å². The van der Waals surface area contributed by atoms with Gasteiger partial charge in [0, 0.05) is 31.7 Å². The normalized spacial score (nSPS) is 49.6. The monoisotopic (exact) mass is 380 g/mol. The minimum absolute atomic E-state index is 0.368. The van der Waals surface area contributed by atoms with Crippen LogP contribution in [0.1, 0.15) is 45.4 Å². The van der Waals surface area contributed by atoms with E-state index in [-0.39, 0.29) is 0 Å². The Labute approximate surface area is 162 Å². The Hall–Kier alpha value is -0.310. The van der Waals surface area contributed by atoms with E-state index in [0.29, 0.717) is 48.8 Å². The third-order valence-electron chi connectivity index (χ3n) is 7.82. The van der Waals surface area contributed by atoms with Crippen LogP contribution in [0.5, 0.6) is 0 Å². The lowest BCUT2D eigenvalue weighted by atomic mass is 9.79. The molecule has 2 bridgehead atoms. The van der Waals surface area contributed by atoms with Crippen LogP contribution in [0.15, 0.2) is 0 Å². The molecule has 5 heterocycles. The highest BCUT2D eigenvalue weighted by atomic mass is 19.1. The average molecular weight is 381 g/mol. The van der Waals surface area contributed by atoms with E-state index in [9.17, 15) is 4.39 Å². The highest BCUT2D eigenvalue weighted by Crippen LogP contribution is 2.36. The van der Waals surface area contributed by atoms with Gasteiger partial charge in [0.2, 0.25) is 0 Å². The second kappa shape index (κ2) is 7.84. The molecule has 5 aliphatic heterocycles. The Morgan fingerprint density at radius 1 is 0.926 bits per heavy atom. The first-order chi connectivity index (χ1) is 13.2. The standard InChI is InChI=1S/C20H37FN6/c1-13-4-5-16-15(9-14(21)11-23-16)18-3-2-7-26(18)19-6-8-27-20(25-19)17(12-24-27)22-10-13/h13-20,22-25H,2-12H2,1H3/t13-,14?,15?,16?,17?,18-,19?,20?/m0/s1. The van der Waals surface area contributed by atoms with Crippen LogP contribution in [0.2, 0.25) is 0 Å². The summed E-state index contributed by atoms with van der Waals surface area (Å²) >= 11 is 0. The van der Waals surface area contributed by atoms with Crippen LogP contribution in [0.4, 0.5) is 4.39 Å². The van der Waals surface area contributed by atoms with E-state index < -0.39 is 6.17 Å². The van der Waals surface area contributed by atoms with E-state index in [1.165, 1.54) is 25.7 Å². The minimum atomic E-state index is -0.679. The second-order valence-electron chi connectivity index (χ2n) is 9.63. The largest absolute Gasteiger partial charge is 0.311 e. The van der Waals surface area contributed by atoms with Crippen LogP contribution >= 0.6 is 0 Å². The molecule has 0 spiro atoms. The van der Waals surface area contributed by atoms with Crippen molar-refractivity contribution >= 4 is 0 Å². The highest BCUT2D eigenvalue weighted by molar-refractivity contribution is 5.01. The molecular formula is C20H37FN6. The van der Waals surface area contributed by atoms with Gasteiger partial charge in [0.1, 0.15) is 6.17 Å². The Morgan fingerprint density at radius 3 is 2.74 bits per heavy atom. The number of nitrogens with zero attached hydrogens (tertiary/aromatic N) is 2. The number of halogens is 1. The van der Waals surface area contributed by atoms with Crippen molar-refractivity contribution in [3.63, 3.8) is 0 Å². The van der Waals surface area contributed by atoms with Crippen molar-refractivity contribution in [3.8, 4) is 0 Å². The van der Waals surface area contributed by atoms with Crippen molar-refractivity contribution in [1.82, 2.24) is 31.3 Å². The van der Waals surface area contributed by atoms with Gasteiger partial charge in [0.05, 0.1) is 18.4 Å². The van der Waals surface area contributed by atoms with E-state index in [1.807, 2.05) is 0 Å². The van der Waals surface area contributed by atoms with Gasteiger partial charge in [0.25, 0.3) is 0 Å². The van der Waals surface area contributed by atoms with Crippen molar-refractivity contribution in [2.24, 2.45) is 11.8 Å². The fourth-order valence-electron chi connectivity index (χ4n) is 6.35. The molecule has 4 N–H and O–H groups in total. The van der Waals surface area contributed by atoms with Gasteiger partial charge in [-0.25, -0.2) is 9.40 Å². The topological polar surface area (TPSA) is 54.6 Å². The molecule has 154 valence electrons. The van der Waals surface area contributed by atoms with Crippen molar-refractivity contribution < 1.29 is 4.39 Å². The van der Waals surface area contributed by atoms with E-state index in [0.717, 1.165) is 39.0 Å². The number of nitrogens with one attached hydrogen (secondary N) is 4. The fraction of sp³-hybridized carbons (Fsp3) is 1.00. The number of piperidine rings is 1. The number of hydrazine groups is 1. The van der Waals surface area contributed by atoms with E-state index in [2.05, 4.69) is 38.2 Å². The maximum absolute atomic E-state index is 14.4. The first-order valence-electron chi connectivity index (χ1n) is 11.3. The second-order valence-corrected chi connectivity index (χ2v) is 9.63. The summed E-state index contributed by atoms with van der Waals surface area (Å²) in [5, 5.41) is 13.8. The van der Waals surface area contributed by atoms with E-state index in [1.54, 1.807) is 0 Å². The molecule has 6 nitrogen and oxygen atoms in total. The molecule has 6 unspecified atom stereocenters. The first-order valence-corrected chi connectivity index (χ1v) is 11.3. The quantitative estimate of drug-likeness (QED) is 0.494. The summed E-state index contributed by atoms with van der Waals surface area (Å²) in [5.41, 5.74) is 3.58. The van der Waals surface area contributed by atoms with Crippen molar-refractivity contribution in [2.75, 3.05) is 32.7 Å². The third kappa shape index (κ3) is 3.67. The average Bonchev–Trinajstić information content (AvgIpc) is 3.31. The number of hydrogen-bond donors (Lipinski definition) is 4. The molecule has 0 aromatic rings. The van der Waals surface area contributed by atoms with Crippen LogP contribution in [-0.4, -0.2) is 79.3 Å². The molecule has 0 aromatic heterocycles. The summed E-state index contributed by atoms with van der Waals surface area (Å²) < 4.78 is 14.4. The van der Waals surface area contributed by atoms with Gasteiger partial charge < -0.3 is 10.6 Å². The van der Waals surface area contributed by atoms with Crippen molar-refractivity contribution in [3.05, 3.63) is 0 Å². The lowest BCUT2D eigenvalue weighted by Gasteiger charge is -2.47. The predicted molar refractivity (Wildman–Crippen MR) is 105 cm³/mol. The molecule has 7 heteroatoms. The van der Waals surface area contributed by atoms with Gasteiger partial charge in [-0.05, 0) is 63.5 Å². The molecule has 0 aliphatic carbocycles. The van der Waals surface area contributed by atoms with Crippen molar-refractivity contribution in [1.29, 1.82) is 0 Å². The lowest BCUT2D eigenvalue weighted by molar-refractivity contribution is -0.00177. The smallest absolute Gasteiger partial charge is 0.113 e. The Kier molecular flexibility index (Phi) is 5.43. The first kappa shape index (κ1) is 18.7. The highest BCUT2D eigenvalue weighted by Gasteiger charge is 2.46. The predicted octanol–water partition coefficient (Wildman–Crippen LogP) is 0.621. The number of fused-ring (bicyclic) bond motifs is 5. The summed E-state index contributed by atoms with van der Waals surface area (Å²) in [7, 11) is 0. The molecule has 5 aliphatic rings. The maximum atomic E-state index is 14.4. The molecule has 0 amide bonds. The zero-order valence-corrected chi connectivity index (χ0v) is 16.7. The van der Waals surface area contributed by atoms with E-state index >= 15 is 0 Å². The SMILES string of the molecule is C[C@H]1CCC2NCC(F)CC2[C@@H]2CCCN2C2CCN3NCC(NC1)C3N2.